The van der Waals surface area contributed by atoms with Gasteiger partial charge in [-0.25, -0.2) is 5.43 Å². The molecule has 0 aliphatic rings. The lowest BCUT2D eigenvalue weighted by Gasteiger charge is -2.08. The van der Waals surface area contributed by atoms with Gasteiger partial charge in [0, 0.05) is 43.9 Å². The highest BCUT2D eigenvalue weighted by Gasteiger charge is 2.12. The van der Waals surface area contributed by atoms with Crippen molar-refractivity contribution in [1.82, 2.24) is 9.99 Å². The Morgan fingerprint density at radius 1 is 1.03 bits per heavy atom. The van der Waals surface area contributed by atoms with E-state index >= 15 is 0 Å². The van der Waals surface area contributed by atoms with Crippen molar-refractivity contribution < 1.29 is 14.3 Å². The van der Waals surface area contributed by atoms with E-state index in [9.17, 15) is 4.79 Å². The maximum absolute atomic E-state index is 12.4. The fourth-order valence-corrected chi connectivity index (χ4v) is 4.14. The summed E-state index contributed by atoms with van der Waals surface area (Å²) in [6, 6.07) is 20.1. The standard InChI is InChI=1S/C24H22IN3O3/c1-30-18-8-10-23(31-2)16(13-18)15-26-27-24(29)11-12-28-21-6-4-3-5-19(21)20-14-17(25)7-9-22(20)28/h3-10,13-15H,11-12H2,1-2H3,(H,27,29)/b26-15+. The Labute approximate surface area is 194 Å². The number of halogens is 1. The van der Waals surface area contributed by atoms with Crippen LogP contribution in [-0.2, 0) is 11.3 Å². The maximum atomic E-state index is 12.4. The molecule has 0 aliphatic heterocycles. The van der Waals surface area contributed by atoms with Gasteiger partial charge in [-0.15, -0.1) is 0 Å². The second-order valence-electron chi connectivity index (χ2n) is 6.98. The lowest BCUT2D eigenvalue weighted by Crippen LogP contribution is -2.19. The van der Waals surface area contributed by atoms with Crippen molar-refractivity contribution in [3.05, 3.63) is 69.8 Å². The number of aromatic nitrogens is 1. The number of carbonyl (C=O) groups is 1. The SMILES string of the molecule is COc1ccc(OC)c(/C=N/NC(=O)CCn2c3ccccc3c3cc(I)ccc32)c1. The second-order valence-corrected chi connectivity index (χ2v) is 8.23. The molecule has 0 unspecified atom stereocenters. The summed E-state index contributed by atoms with van der Waals surface area (Å²) in [7, 11) is 3.19. The number of hydrogen-bond acceptors (Lipinski definition) is 4. The molecule has 0 saturated heterocycles. The summed E-state index contributed by atoms with van der Waals surface area (Å²) in [6.45, 7) is 0.564. The Hall–Kier alpha value is -3.07. The van der Waals surface area contributed by atoms with E-state index in [-0.39, 0.29) is 5.91 Å². The minimum atomic E-state index is -0.158. The Bertz CT molecular complexity index is 1280. The molecule has 0 saturated carbocycles. The molecule has 0 bridgehead atoms. The van der Waals surface area contributed by atoms with Gasteiger partial charge < -0.3 is 14.0 Å². The van der Waals surface area contributed by atoms with Crippen LogP contribution in [0, 0.1) is 3.57 Å². The fourth-order valence-electron chi connectivity index (χ4n) is 3.65. The van der Waals surface area contributed by atoms with Gasteiger partial charge in [0.2, 0.25) is 5.91 Å². The number of benzene rings is 3. The quantitative estimate of drug-likeness (QED) is 0.210. The van der Waals surface area contributed by atoms with Crippen molar-refractivity contribution in [2.45, 2.75) is 13.0 Å². The van der Waals surface area contributed by atoms with Crippen molar-refractivity contribution in [3.63, 3.8) is 0 Å². The Balaban J connectivity index is 1.48. The molecule has 0 atom stereocenters. The third-order valence-electron chi connectivity index (χ3n) is 5.13. The Kier molecular flexibility index (Phi) is 6.41. The molecule has 1 heterocycles. The highest BCUT2D eigenvalue weighted by Crippen LogP contribution is 2.30. The number of carbonyl (C=O) groups excluding carboxylic acids is 1. The van der Waals surface area contributed by atoms with Crippen molar-refractivity contribution in [2.75, 3.05) is 14.2 Å². The number of amides is 1. The number of ether oxygens (including phenoxy) is 2. The maximum Gasteiger partial charge on any atom is 0.241 e. The van der Waals surface area contributed by atoms with Gasteiger partial charge in [-0.2, -0.15) is 5.10 Å². The highest BCUT2D eigenvalue weighted by atomic mass is 127. The summed E-state index contributed by atoms with van der Waals surface area (Å²) < 4.78 is 13.9. The average molecular weight is 527 g/mol. The molecule has 1 amide bonds. The number of methoxy groups -OCH3 is 2. The van der Waals surface area contributed by atoms with Crippen molar-refractivity contribution in [1.29, 1.82) is 0 Å². The van der Waals surface area contributed by atoms with E-state index < -0.39 is 0 Å². The fraction of sp³-hybridized carbons (Fsp3) is 0.167. The van der Waals surface area contributed by atoms with E-state index in [0.717, 1.165) is 16.6 Å². The molecule has 3 aromatic carbocycles. The van der Waals surface area contributed by atoms with Crippen molar-refractivity contribution >= 4 is 56.5 Å². The van der Waals surface area contributed by atoms with E-state index in [1.54, 1.807) is 32.6 Å². The molecule has 1 N–H and O–H groups in total. The summed E-state index contributed by atoms with van der Waals surface area (Å²) in [5.41, 5.74) is 5.57. The normalized spacial score (nSPS) is 11.3. The number of hydrogen-bond donors (Lipinski definition) is 1. The largest absolute Gasteiger partial charge is 0.497 e. The number of para-hydroxylation sites is 1. The van der Waals surface area contributed by atoms with Crippen molar-refractivity contribution in [3.8, 4) is 11.5 Å². The van der Waals surface area contributed by atoms with Crippen LogP contribution in [0.2, 0.25) is 0 Å². The number of aryl methyl sites for hydroxylation is 1. The first-order valence-electron chi connectivity index (χ1n) is 9.81. The van der Waals surface area contributed by atoms with Gasteiger partial charge in [0.05, 0.1) is 20.4 Å². The third kappa shape index (κ3) is 4.51. The third-order valence-corrected chi connectivity index (χ3v) is 5.80. The number of nitrogens with one attached hydrogen (secondary N) is 1. The lowest BCUT2D eigenvalue weighted by molar-refractivity contribution is -0.121. The number of rotatable bonds is 7. The molecule has 1 aromatic heterocycles. The summed E-state index contributed by atoms with van der Waals surface area (Å²) >= 11 is 2.33. The molecule has 0 aliphatic carbocycles. The van der Waals surface area contributed by atoms with E-state index in [0.29, 0.717) is 24.5 Å². The van der Waals surface area contributed by atoms with E-state index in [1.165, 1.54) is 14.3 Å². The summed E-state index contributed by atoms with van der Waals surface area (Å²) in [6.07, 6.45) is 1.87. The Morgan fingerprint density at radius 2 is 1.84 bits per heavy atom. The molecular formula is C24H22IN3O3. The van der Waals surface area contributed by atoms with Gasteiger partial charge in [-0.3, -0.25) is 4.79 Å². The zero-order valence-corrected chi connectivity index (χ0v) is 19.4. The molecule has 4 rings (SSSR count). The van der Waals surface area contributed by atoms with Gasteiger partial charge in [-0.05, 0) is 65.1 Å². The van der Waals surface area contributed by atoms with Crippen LogP contribution in [0.25, 0.3) is 21.8 Å². The highest BCUT2D eigenvalue weighted by molar-refractivity contribution is 14.1. The minimum Gasteiger partial charge on any atom is -0.497 e. The predicted molar refractivity (Wildman–Crippen MR) is 132 cm³/mol. The van der Waals surface area contributed by atoms with Crippen LogP contribution in [0.5, 0.6) is 11.5 Å². The second kappa shape index (κ2) is 9.38. The molecular weight excluding hydrogens is 505 g/mol. The van der Waals surface area contributed by atoms with Gasteiger partial charge in [0.25, 0.3) is 0 Å². The molecule has 0 spiro atoms. The molecule has 4 aromatic rings. The summed E-state index contributed by atoms with van der Waals surface area (Å²) in [5.74, 6) is 1.18. The topological polar surface area (TPSA) is 64.8 Å². The van der Waals surface area contributed by atoms with Crippen LogP contribution in [-0.4, -0.2) is 30.9 Å². The van der Waals surface area contributed by atoms with Crippen molar-refractivity contribution in [2.24, 2.45) is 5.10 Å². The molecule has 31 heavy (non-hydrogen) atoms. The first-order chi connectivity index (χ1) is 15.1. The Morgan fingerprint density at radius 3 is 2.65 bits per heavy atom. The van der Waals surface area contributed by atoms with Gasteiger partial charge in [0.1, 0.15) is 11.5 Å². The van der Waals surface area contributed by atoms with Crippen LogP contribution in [0.15, 0.2) is 65.8 Å². The van der Waals surface area contributed by atoms with Crippen LogP contribution in [0.4, 0.5) is 0 Å². The van der Waals surface area contributed by atoms with E-state index in [1.807, 2.05) is 18.2 Å². The van der Waals surface area contributed by atoms with Crippen LogP contribution < -0.4 is 14.9 Å². The van der Waals surface area contributed by atoms with E-state index in [4.69, 9.17) is 9.47 Å². The number of hydrazone groups is 1. The molecule has 7 heteroatoms. The first kappa shape index (κ1) is 21.2. The zero-order chi connectivity index (χ0) is 21.8. The van der Waals surface area contributed by atoms with Crippen LogP contribution in [0.1, 0.15) is 12.0 Å². The predicted octanol–water partition coefficient (Wildman–Crippen LogP) is 4.96. The molecule has 158 valence electrons. The van der Waals surface area contributed by atoms with Gasteiger partial charge in [-0.1, -0.05) is 18.2 Å². The summed E-state index contributed by atoms with van der Waals surface area (Å²) in [5, 5.41) is 6.49. The van der Waals surface area contributed by atoms with Crippen LogP contribution in [0.3, 0.4) is 0 Å². The number of fused-ring (bicyclic) bond motifs is 3. The molecule has 0 fully saturated rings. The van der Waals surface area contributed by atoms with Gasteiger partial charge in [0.15, 0.2) is 0 Å². The molecule has 6 nitrogen and oxygen atoms in total. The van der Waals surface area contributed by atoms with Gasteiger partial charge >= 0.3 is 0 Å². The van der Waals surface area contributed by atoms with Crippen LogP contribution >= 0.6 is 22.6 Å². The van der Waals surface area contributed by atoms with E-state index in [2.05, 4.69) is 68.0 Å². The average Bonchev–Trinajstić information content (AvgIpc) is 3.10. The lowest BCUT2D eigenvalue weighted by atomic mass is 10.2. The number of nitrogens with zero attached hydrogens (tertiary/aromatic N) is 2. The summed E-state index contributed by atoms with van der Waals surface area (Å²) in [4.78, 5) is 12.4. The first-order valence-corrected chi connectivity index (χ1v) is 10.9. The smallest absolute Gasteiger partial charge is 0.241 e. The molecule has 0 radical (unpaired) electrons. The minimum absolute atomic E-state index is 0.158. The monoisotopic (exact) mass is 527 g/mol. The zero-order valence-electron chi connectivity index (χ0n) is 17.3.